The summed E-state index contributed by atoms with van der Waals surface area (Å²) in [4.78, 5) is 36.0. The van der Waals surface area contributed by atoms with Crippen LogP contribution in [0.4, 0.5) is 0 Å². The lowest BCUT2D eigenvalue weighted by Gasteiger charge is -2.17. The number of nitrogens with one attached hydrogen (secondary N) is 1. The van der Waals surface area contributed by atoms with Crippen LogP contribution in [-0.2, 0) is 14.4 Å². The van der Waals surface area contributed by atoms with Crippen molar-refractivity contribution >= 4 is 40.9 Å². The molecule has 0 radical (unpaired) electrons. The summed E-state index contributed by atoms with van der Waals surface area (Å²) in [5.41, 5.74) is 0.757. The van der Waals surface area contributed by atoms with Crippen molar-refractivity contribution in [1.82, 2.24) is 10.2 Å². The molecule has 7 heteroatoms. The van der Waals surface area contributed by atoms with Gasteiger partial charge in [-0.15, -0.1) is 0 Å². The molecule has 22 heavy (non-hydrogen) atoms. The average molecular weight is 343 g/mol. The number of carbonyl (C=O) groups is 3. The van der Waals surface area contributed by atoms with Crippen molar-refractivity contribution < 1.29 is 14.4 Å². The summed E-state index contributed by atoms with van der Waals surface area (Å²) in [6.45, 7) is 1.92. The summed E-state index contributed by atoms with van der Waals surface area (Å²) < 4.78 is 0. The molecular formula is C15H16Cl2N2O3. The van der Waals surface area contributed by atoms with Gasteiger partial charge < -0.3 is 5.32 Å². The van der Waals surface area contributed by atoms with E-state index in [1.165, 1.54) is 0 Å². The highest BCUT2D eigenvalue weighted by atomic mass is 35.5. The maximum atomic E-state index is 11.9. The Kier molecular flexibility index (Phi) is 5.42. The van der Waals surface area contributed by atoms with Crippen LogP contribution in [0, 0.1) is 0 Å². The molecule has 1 aliphatic rings. The van der Waals surface area contributed by atoms with Gasteiger partial charge in [0.05, 0.1) is 6.04 Å². The lowest BCUT2D eigenvalue weighted by atomic mass is 10.1. The topological polar surface area (TPSA) is 66.5 Å². The zero-order valence-corrected chi connectivity index (χ0v) is 13.6. The monoisotopic (exact) mass is 342 g/mol. The summed E-state index contributed by atoms with van der Waals surface area (Å²) in [6, 6.07) is 4.78. The van der Waals surface area contributed by atoms with Gasteiger partial charge in [-0.3, -0.25) is 19.3 Å². The molecular weight excluding hydrogens is 327 g/mol. The van der Waals surface area contributed by atoms with Crippen LogP contribution in [0.5, 0.6) is 0 Å². The summed E-state index contributed by atoms with van der Waals surface area (Å²) >= 11 is 11.9. The minimum absolute atomic E-state index is 0.0764. The quantitative estimate of drug-likeness (QED) is 0.836. The number of carbonyl (C=O) groups excluding carboxylic acids is 3. The largest absolute Gasteiger partial charge is 0.349 e. The summed E-state index contributed by atoms with van der Waals surface area (Å²) in [7, 11) is 0. The van der Waals surface area contributed by atoms with E-state index in [-0.39, 0.29) is 49.6 Å². The predicted octanol–water partition coefficient (Wildman–Crippen LogP) is 2.71. The van der Waals surface area contributed by atoms with E-state index in [2.05, 4.69) is 5.32 Å². The van der Waals surface area contributed by atoms with Crippen LogP contribution in [0.2, 0.25) is 10.0 Å². The van der Waals surface area contributed by atoms with E-state index in [4.69, 9.17) is 23.2 Å². The summed E-state index contributed by atoms with van der Waals surface area (Å²) in [5.74, 6) is -0.677. The highest BCUT2D eigenvalue weighted by Crippen LogP contribution is 2.26. The van der Waals surface area contributed by atoms with Gasteiger partial charge in [0.1, 0.15) is 0 Å². The molecule has 1 aromatic carbocycles. The van der Waals surface area contributed by atoms with E-state index >= 15 is 0 Å². The highest BCUT2D eigenvalue weighted by molar-refractivity contribution is 6.35. The Hall–Kier alpha value is -1.59. The number of hydrogen-bond acceptors (Lipinski definition) is 3. The minimum atomic E-state index is -0.290. The smallest absolute Gasteiger partial charge is 0.229 e. The van der Waals surface area contributed by atoms with Crippen molar-refractivity contribution in [3.8, 4) is 0 Å². The van der Waals surface area contributed by atoms with Gasteiger partial charge in [0, 0.05) is 35.9 Å². The Morgan fingerprint density at radius 3 is 2.50 bits per heavy atom. The first-order valence-electron chi connectivity index (χ1n) is 6.96. The molecule has 1 N–H and O–H groups in total. The van der Waals surface area contributed by atoms with Crippen LogP contribution >= 0.6 is 23.2 Å². The van der Waals surface area contributed by atoms with E-state index in [0.29, 0.717) is 10.0 Å². The fourth-order valence-electron chi connectivity index (χ4n) is 2.33. The van der Waals surface area contributed by atoms with Gasteiger partial charge in [0.2, 0.25) is 17.7 Å². The van der Waals surface area contributed by atoms with Crippen LogP contribution in [0.15, 0.2) is 18.2 Å². The number of likely N-dealkylation sites (tertiary alicyclic amines) is 1. The Labute approximate surface area is 138 Å². The normalized spacial score (nSPS) is 16.0. The first-order chi connectivity index (χ1) is 10.4. The van der Waals surface area contributed by atoms with E-state index in [0.717, 1.165) is 10.5 Å². The lowest BCUT2D eigenvalue weighted by Crippen LogP contribution is -2.34. The Morgan fingerprint density at radius 1 is 1.27 bits per heavy atom. The van der Waals surface area contributed by atoms with Gasteiger partial charge in [-0.25, -0.2) is 0 Å². The van der Waals surface area contributed by atoms with Crippen molar-refractivity contribution in [3.63, 3.8) is 0 Å². The van der Waals surface area contributed by atoms with E-state index in [1.54, 1.807) is 25.1 Å². The van der Waals surface area contributed by atoms with E-state index in [9.17, 15) is 14.4 Å². The molecule has 2 rings (SSSR count). The van der Waals surface area contributed by atoms with Gasteiger partial charge in [-0.05, 0) is 24.6 Å². The molecule has 1 fully saturated rings. The van der Waals surface area contributed by atoms with Crippen LogP contribution in [0.25, 0.3) is 0 Å². The predicted molar refractivity (Wildman–Crippen MR) is 83.6 cm³/mol. The fraction of sp³-hybridized carbons (Fsp3) is 0.400. The SMILES string of the molecule is C[C@H](NC(=O)CCN1C(=O)CCC1=O)c1ccc(Cl)cc1Cl. The molecule has 1 aliphatic heterocycles. The third-order valence-electron chi connectivity index (χ3n) is 3.52. The third kappa shape index (κ3) is 3.99. The van der Waals surface area contributed by atoms with Crippen molar-refractivity contribution in [2.75, 3.05) is 6.54 Å². The molecule has 0 aliphatic carbocycles. The number of rotatable bonds is 5. The van der Waals surface area contributed by atoms with Crippen molar-refractivity contribution in [3.05, 3.63) is 33.8 Å². The van der Waals surface area contributed by atoms with Gasteiger partial charge in [0.25, 0.3) is 0 Å². The lowest BCUT2D eigenvalue weighted by molar-refractivity contribution is -0.138. The highest BCUT2D eigenvalue weighted by Gasteiger charge is 2.28. The number of imide groups is 1. The first kappa shape index (κ1) is 16.8. The molecule has 3 amide bonds. The van der Waals surface area contributed by atoms with Crippen molar-refractivity contribution in [2.24, 2.45) is 0 Å². The summed E-state index contributed by atoms with van der Waals surface area (Å²) in [5, 5.41) is 3.80. The van der Waals surface area contributed by atoms with E-state index in [1.807, 2.05) is 0 Å². The Morgan fingerprint density at radius 2 is 1.91 bits per heavy atom. The first-order valence-corrected chi connectivity index (χ1v) is 7.71. The molecule has 0 bridgehead atoms. The van der Waals surface area contributed by atoms with Crippen molar-refractivity contribution in [2.45, 2.75) is 32.2 Å². The molecule has 0 spiro atoms. The molecule has 1 aromatic rings. The van der Waals surface area contributed by atoms with Gasteiger partial charge >= 0.3 is 0 Å². The van der Waals surface area contributed by atoms with Gasteiger partial charge in [0.15, 0.2) is 0 Å². The molecule has 0 unspecified atom stereocenters. The molecule has 1 heterocycles. The standard InChI is InChI=1S/C15H16Cl2N2O3/c1-9(11-3-2-10(16)8-12(11)17)18-13(20)6-7-19-14(21)4-5-15(19)22/h2-3,8-9H,4-7H2,1H3,(H,18,20)/t9-/m0/s1. The maximum absolute atomic E-state index is 11.9. The average Bonchev–Trinajstić information content (AvgIpc) is 2.75. The van der Waals surface area contributed by atoms with Gasteiger partial charge in [-0.2, -0.15) is 0 Å². The second kappa shape index (κ2) is 7.11. The van der Waals surface area contributed by atoms with E-state index < -0.39 is 0 Å². The second-order valence-corrected chi connectivity index (χ2v) is 5.99. The zero-order valence-electron chi connectivity index (χ0n) is 12.1. The molecule has 5 nitrogen and oxygen atoms in total. The molecule has 0 saturated carbocycles. The maximum Gasteiger partial charge on any atom is 0.229 e. The molecule has 1 atom stereocenters. The Balaban J connectivity index is 1.88. The number of halogens is 2. The van der Waals surface area contributed by atoms with Crippen molar-refractivity contribution in [1.29, 1.82) is 0 Å². The summed E-state index contributed by atoms with van der Waals surface area (Å²) in [6.07, 6.45) is 0.543. The number of benzene rings is 1. The Bertz CT molecular complexity index is 603. The second-order valence-electron chi connectivity index (χ2n) is 5.14. The number of nitrogens with zero attached hydrogens (tertiary/aromatic N) is 1. The van der Waals surface area contributed by atoms with Crippen LogP contribution in [0.1, 0.15) is 37.8 Å². The number of amides is 3. The minimum Gasteiger partial charge on any atom is -0.349 e. The molecule has 1 saturated heterocycles. The molecule has 118 valence electrons. The fourth-order valence-corrected chi connectivity index (χ4v) is 2.90. The van der Waals surface area contributed by atoms with Crippen LogP contribution < -0.4 is 5.32 Å². The third-order valence-corrected chi connectivity index (χ3v) is 4.09. The van der Waals surface area contributed by atoms with Crippen LogP contribution in [0.3, 0.4) is 0 Å². The molecule has 0 aromatic heterocycles. The van der Waals surface area contributed by atoms with Crippen LogP contribution in [-0.4, -0.2) is 29.2 Å². The zero-order chi connectivity index (χ0) is 16.3. The van der Waals surface area contributed by atoms with Gasteiger partial charge in [-0.1, -0.05) is 29.3 Å². The number of hydrogen-bond donors (Lipinski definition) is 1.